The minimum absolute atomic E-state index is 0.0177. The minimum atomic E-state index is -0.0324. The van der Waals surface area contributed by atoms with Gasteiger partial charge in [0, 0.05) is 10.6 Å². The summed E-state index contributed by atoms with van der Waals surface area (Å²) in [6, 6.07) is 15.3. The molecule has 2 N–H and O–H groups in total. The van der Waals surface area contributed by atoms with Crippen LogP contribution in [0.2, 0.25) is 0 Å². The number of hydrogen-bond donors (Lipinski definition) is 2. The Morgan fingerprint density at radius 3 is 2.75 bits per heavy atom. The molecule has 0 aliphatic heterocycles. The molecule has 0 heterocycles. The number of carbonyl (C=O) groups is 1. The van der Waals surface area contributed by atoms with E-state index >= 15 is 0 Å². The second kappa shape index (κ2) is 7.12. The molecule has 0 aromatic heterocycles. The number of amides is 1. The highest BCUT2D eigenvalue weighted by molar-refractivity contribution is 8.00. The largest absolute Gasteiger partial charge is 0.392 e. The third-order valence-electron chi connectivity index (χ3n) is 2.75. The van der Waals surface area contributed by atoms with Gasteiger partial charge in [-0.3, -0.25) is 4.79 Å². The third kappa shape index (κ3) is 4.40. The summed E-state index contributed by atoms with van der Waals surface area (Å²) >= 11 is 1.46. The lowest BCUT2D eigenvalue weighted by atomic mass is 10.2. The van der Waals surface area contributed by atoms with Crippen molar-refractivity contribution in [2.75, 3.05) is 11.1 Å². The van der Waals surface area contributed by atoms with Crippen molar-refractivity contribution >= 4 is 23.4 Å². The summed E-state index contributed by atoms with van der Waals surface area (Å²) in [5, 5.41) is 11.9. The van der Waals surface area contributed by atoms with E-state index in [0.717, 1.165) is 21.7 Å². The molecule has 0 fully saturated rings. The predicted octanol–water partition coefficient (Wildman–Crippen LogP) is 3.22. The molecule has 0 aliphatic rings. The summed E-state index contributed by atoms with van der Waals surface area (Å²) in [4.78, 5) is 12.9. The van der Waals surface area contributed by atoms with E-state index in [-0.39, 0.29) is 12.5 Å². The fraction of sp³-hybridized carbons (Fsp3) is 0.188. The van der Waals surface area contributed by atoms with Crippen molar-refractivity contribution in [2.45, 2.75) is 18.4 Å². The van der Waals surface area contributed by atoms with Gasteiger partial charge < -0.3 is 10.4 Å². The first-order valence-corrected chi connectivity index (χ1v) is 7.35. The normalized spacial score (nSPS) is 10.3. The Kier molecular flexibility index (Phi) is 5.21. The van der Waals surface area contributed by atoms with E-state index in [1.807, 2.05) is 55.5 Å². The van der Waals surface area contributed by atoms with Crippen LogP contribution in [0.4, 0.5) is 5.69 Å². The summed E-state index contributed by atoms with van der Waals surface area (Å²) in [6.07, 6.45) is 0. The van der Waals surface area contributed by atoms with Crippen LogP contribution in [0.1, 0.15) is 11.1 Å². The van der Waals surface area contributed by atoms with Gasteiger partial charge in [0.2, 0.25) is 5.91 Å². The van der Waals surface area contributed by atoms with Crippen molar-refractivity contribution in [3.05, 3.63) is 59.7 Å². The number of anilines is 1. The number of carbonyl (C=O) groups excluding carboxylic acids is 1. The first-order chi connectivity index (χ1) is 9.67. The Balaban J connectivity index is 1.88. The summed E-state index contributed by atoms with van der Waals surface area (Å²) in [5.41, 5.74) is 2.79. The van der Waals surface area contributed by atoms with Gasteiger partial charge in [-0.2, -0.15) is 0 Å². The Morgan fingerprint density at radius 1 is 1.20 bits per heavy atom. The van der Waals surface area contributed by atoms with Crippen molar-refractivity contribution in [1.29, 1.82) is 0 Å². The highest BCUT2D eigenvalue weighted by Crippen LogP contribution is 2.19. The Labute approximate surface area is 123 Å². The molecule has 0 radical (unpaired) electrons. The first-order valence-electron chi connectivity index (χ1n) is 6.36. The smallest absolute Gasteiger partial charge is 0.234 e. The van der Waals surface area contributed by atoms with Gasteiger partial charge in [-0.1, -0.05) is 24.3 Å². The fourth-order valence-corrected chi connectivity index (χ4v) is 2.58. The van der Waals surface area contributed by atoms with Crippen LogP contribution in [0.15, 0.2) is 53.4 Å². The topological polar surface area (TPSA) is 49.3 Å². The Hall–Kier alpha value is -1.78. The van der Waals surface area contributed by atoms with Gasteiger partial charge in [0.05, 0.1) is 12.4 Å². The number of hydrogen-bond acceptors (Lipinski definition) is 3. The lowest BCUT2D eigenvalue weighted by Gasteiger charge is -2.06. The second-order valence-corrected chi connectivity index (χ2v) is 5.56. The quantitative estimate of drug-likeness (QED) is 0.830. The molecule has 20 heavy (non-hydrogen) atoms. The molecule has 0 saturated heterocycles. The number of aryl methyl sites for hydroxylation is 1. The molecule has 2 aromatic rings. The van der Waals surface area contributed by atoms with E-state index in [9.17, 15) is 4.79 Å². The van der Waals surface area contributed by atoms with Crippen LogP contribution in [-0.2, 0) is 11.4 Å². The molecular weight excluding hydrogens is 270 g/mol. The molecule has 0 unspecified atom stereocenters. The molecule has 2 aromatic carbocycles. The maximum absolute atomic E-state index is 11.9. The molecule has 0 bridgehead atoms. The molecular formula is C16H17NO2S. The minimum Gasteiger partial charge on any atom is -0.392 e. The SMILES string of the molecule is Cc1cccc(NC(=O)CSc2cccc(CO)c2)c1. The van der Waals surface area contributed by atoms with Gasteiger partial charge in [0.1, 0.15) is 0 Å². The molecule has 1 amide bonds. The molecule has 0 saturated carbocycles. The van der Waals surface area contributed by atoms with Crippen LogP contribution in [0.25, 0.3) is 0 Å². The summed E-state index contributed by atoms with van der Waals surface area (Å²) < 4.78 is 0. The third-order valence-corrected chi connectivity index (χ3v) is 3.75. The van der Waals surface area contributed by atoms with Crippen LogP contribution < -0.4 is 5.32 Å². The Bertz CT molecular complexity index is 599. The molecule has 0 atom stereocenters. The molecule has 0 aliphatic carbocycles. The average Bonchev–Trinajstić information content (AvgIpc) is 2.45. The van der Waals surface area contributed by atoms with Crippen LogP contribution in [0.5, 0.6) is 0 Å². The maximum atomic E-state index is 11.9. The van der Waals surface area contributed by atoms with Gasteiger partial charge in [-0.25, -0.2) is 0 Å². The van der Waals surface area contributed by atoms with Gasteiger partial charge in [-0.05, 0) is 42.3 Å². The number of nitrogens with one attached hydrogen (secondary N) is 1. The van der Waals surface area contributed by atoms with E-state index in [0.29, 0.717) is 5.75 Å². The van der Waals surface area contributed by atoms with Gasteiger partial charge >= 0.3 is 0 Å². The molecule has 104 valence electrons. The molecule has 3 nitrogen and oxygen atoms in total. The zero-order valence-corrected chi connectivity index (χ0v) is 12.1. The summed E-state index contributed by atoms with van der Waals surface area (Å²) in [6.45, 7) is 2.01. The van der Waals surface area contributed by atoms with Crippen LogP contribution in [0.3, 0.4) is 0 Å². The molecule has 4 heteroatoms. The van der Waals surface area contributed by atoms with E-state index < -0.39 is 0 Å². The van der Waals surface area contributed by atoms with E-state index in [4.69, 9.17) is 5.11 Å². The number of aliphatic hydroxyl groups is 1. The van der Waals surface area contributed by atoms with Crippen molar-refractivity contribution in [2.24, 2.45) is 0 Å². The van der Waals surface area contributed by atoms with Gasteiger partial charge in [0.25, 0.3) is 0 Å². The maximum Gasteiger partial charge on any atom is 0.234 e. The number of aliphatic hydroxyl groups excluding tert-OH is 1. The summed E-state index contributed by atoms with van der Waals surface area (Å²) in [7, 11) is 0. The zero-order chi connectivity index (χ0) is 14.4. The monoisotopic (exact) mass is 287 g/mol. The van der Waals surface area contributed by atoms with Gasteiger partial charge in [-0.15, -0.1) is 11.8 Å². The van der Waals surface area contributed by atoms with Crippen molar-refractivity contribution in [3.8, 4) is 0 Å². The zero-order valence-electron chi connectivity index (χ0n) is 11.3. The lowest BCUT2D eigenvalue weighted by Crippen LogP contribution is -2.13. The van der Waals surface area contributed by atoms with Crippen LogP contribution in [-0.4, -0.2) is 16.8 Å². The van der Waals surface area contributed by atoms with Crippen molar-refractivity contribution < 1.29 is 9.90 Å². The number of benzene rings is 2. The molecule has 0 spiro atoms. The van der Waals surface area contributed by atoms with Crippen molar-refractivity contribution in [1.82, 2.24) is 0 Å². The predicted molar refractivity (Wildman–Crippen MR) is 82.9 cm³/mol. The van der Waals surface area contributed by atoms with Crippen LogP contribution >= 0.6 is 11.8 Å². The molecule has 2 rings (SSSR count). The lowest BCUT2D eigenvalue weighted by molar-refractivity contribution is -0.113. The van der Waals surface area contributed by atoms with E-state index in [2.05, 4.69) is 5.32 Å². The standard InChI is InChI=1S/C16H17NO2S/c1-12-4-2-6-14(8-12)17-16(19)11-20-15-7-3-5-13(9-15)10-18/h2-9,18H,10-11H2,1H3,(H,17,19). The highest BCUT2D eigenvalue weighted by Gasteiger charge is 2.04. The summed E-state index contributed by atoms with van der Waals surface area (Å²) in [5.74, 6) is 0.318. The number of thioether (sulfide) groups is 1. The first kappa shape index (κ1) is 14.6. The second-order valence-electron chi connectivity index (χ2n) is 4.51. The van der Waals surface area contributed by atoms with E-state index in [1.165, 1.54) is 11.8 Å². The van der Waals surface area contributed by atoms with Gasteiger partial charge in [0.15, 0.2) is 0 Å². The average molecular weight is 287 g/mol. The number of rotatable bonds is 5. The Morgan fingerprint density at radius 2 is 2.00 bits per heavy atom. The highest BCUT2D eigenvalue weighted by atomic mass is 32.2. The van der Waals surface area contributed by atoms with E-state index in [1.54, 1.807) is 0 Å². The fourth-order valence-electron chi connectivity index (χ4n) is 1.80. The van der Waals surface area contributed by atoms with Crippen molar-refractivity contribution in [3.63, 3.8) is 0 Å². The van der Waals surface area contributed by atoms with Crippen LogP contribution in [0, 0.1) is 6.92 Å².